The molecule has 0 unspecified atom stereocenters. The lowest BCUT2D eigenvalue weighted by Gasteiger charge is -2.30. The van der Waals surface area contributed by atoms with Gasteiger partial charge in [-0.3, -0.25) is 4.79 Å². The first-order valence-electron chi connectivity index (χ1n) is 11.0. The zero-order valence-corrected chi connectivity index (χ0v) is 20.2. The summed E-state index contributed by atoms with van der Waals surface area (Å²) in [6.07, 6.45) is 0.623. The molecule has 0 radical (unpaired) electrons. The lowest BCUT2D eigenvalue weighted by molar-refractivity contribution is -0.138. The van der Waals surface area contributed by atoms with Crippen LogP contribution in [0.15, 0.2) is 78.9 Å². The molecule has 0 aliphatic rings. The highest BCUT2D eigenvalue weighted by Gasteiger charge is 2.34. The van der Waals surface area contributed by atoms with Crippen LogP contribution < -0.4 is 5.32 Å². The molecule has 3 aromatic carbocycles. The summed E-state index contributed by atoms with van der Waals surface area (Å²) < 4.78 is 5.53. The highest BCUT2D eigenvalue weighted by molar-refractivity contribution is 6.30. The number of benzene rings is 3. The molecule has 0 aliphatic heterocycles. The van der Waals surface area contributed by atoms with E-state index >= 15 is 0 Å². The average molecular weight is 475 g/mol. The number of hydrogen-bond donors (Lipinski definition) is 1. The first-order chi connectivity index (χ1) is 16.2. The van der Waals surface area contributed by atoms with E-state index < -0.39 is 17.5 Å². The van der Waals surface area contributed by atoms with Crippen molar-refractivity contribution in [1.82, 2.24) is 5.32 Å². The second-order valence-corrected chi connectivity index (χ2v) is 9.14. The van der Waals surface area contributed by atoms with Gasteiger partial charge in [-0.15, -0.1) is 0 Å². The fourth-order valence-corrected chi connectivity index (χ4v) is 3.81. The summed E-state index contributed by atoms with van der Waals surface area (Å²) in [5, 5.41) is 13.0. The third kappa shape index (κ3) is 6.46. The van der Waals surface area contributed by atoms with Gasteiger partial charge >= 0.3 is 5.97 Å². The third-order valence-electron chi connectivity index (χ3n) is 5.68. The number of hydrogen-bond acceptors (Lipinski definition) is 4. The molecule has 0 fully saturated rings. The van der Waals surface area contributed by atoms with Crippen molar-refractivity contribution in [2.45, 2.75) is 44.8 Å². The molecule has 3 aromatic rings. The van der Waals surface area contributed by atoms with Crippen LogP contribution in [0.4, 0.5) is 0 Å². The van der Waals surface area contributed by atoms with Crippen LogP contribution in [0.2, 0.25) is 5.02 Å². The number of nitrogens with one attached hydrogen (secondary N) is 1. The van der Waals surface area contributed by atoms with Crippen molar-refractivity contribution in [2.24, 2.45) is 0 Å². The van der Waals surface area contributed by atoms with Gasteiger partial charge in [-0.25, -0.2) is 4.79 Å². The second-order valence-electron chi connectivity index (χ2n) is 8.70. The summed E-state index contributed by atoms with van der Waals surface area (Å²) in [5.74, 6) is -1.09. The Morgan fingerprint density at radius 1 is 1.03 bits per heavy atom. The number of esters is 1. The Labute approximate surface area is 205 Å². The van der Waals surface area contributed by atoms with E-state index in [0.717, 1.165) is 11.1 Å². The number of carbonyl (C=O) groups excluding carboxylic acids is 2. The number of nitriles is 1. The summed E-state index contributed by atoms with van der Waals surface area (Å²) in [6.45, 7) is 5.05. The molecule has 1 N–H and O–H groups in total. The first kappa shape index (κ1) is 25.0. The molecule has 0 bridgehead atoms. The monoisotopic (exact) mass is 474 g/mol. The lowest BCUT2D eigenvalue weighted by Crippen LogP contribution is -2.50. The Kier molecular flexibility index (Phi) is 8.09. The number of ether oxygens (including phenoxy) is 1. The van der Waals surface area contributed by atoms with E-state index in [-0.39, 0.29) is 12.0 Å². The van der Waals surface area contributed by atoms with Gasteiger partial charge in [-0.05, 0) is 74.7 Å². The minimum absolute atomic E-state index is 0.126. The number of nitrogens with zero attached hydrogens (tertiary/aromatic N) is 1. The quantitative estimate of drug-likeness (QED) is 0.426. The molecule has 3 rings (SSSR count). The molecule has 5 nitrogen and oxygen atoms in total. The largest absolute Gasteiger partial charge is 0.446 e. The fourth-order valence-electron chi connectivity index (χ4n) is 3.69. The summed E-state index contributed by atoms with van der Waals surface area (Å²) in [5.41, 5.74) is 1.54. The fraction of sp³-hybridized carbons (Fsp3) is 0.250. The van der Waals surface area contributed by atoms with Crippen LogP contribution >= 0.6 is 11.6 Å². The molecule has 6 heteroatoms. The van der Waals surface area contributed by atoms with Crippen molar-refractivity contribution in [3.8, 4) is 6.07 Å². The van der Waals surface area contributed by atoms with E-state index in [1.54, 1.807) is 50.2 Å². The van der Waals surface area contributed by atoms with Gasteiger partial charge in [-0.1, -0.05) is 54.1 Å². The van der Waals surface area contributed by atoms with Gasteiger partial charge in [0.15, 0.2) is 5.60 Å². The molecule has 0 spiro atoms. The van der Waals surface area contributed by atoms with Crippen LogP contribution in [0.3, 0.4) is 0 Å². The van der Waals surface area contributed by atoms with E-state index in [0.29, 0.717) is 22.6 Å². The number of halogens is 1. The van der Waals surface area contributed by atoms with Crippen molar-refractivity contribution >= 4 is 23.5 Å². The van der Waals surface area contributed by atoms with E-state index in [4.69, 9.17) is 16.3 Å². The molecule has 0 aromatic heterocycles. The van der Waals surface area contributed by atoms with Crippen molar-refractivity contribution in [1.29, 1.82) is 5.26 Å². The van der Waals surface area contributed by atoms with Gasteiger partial charge in [0.1, 0.15) is 0 Å². The second kappa shape index (κ2) is 11.0. The molecule has 0 aliphatic carbocycles. The zero-order valence-electron chi connectivity index (χ0n) is 19.4. The van der Waals surface area contributed by atoms with Crippen molar-refractivity contribution in [3.05, 3.63) is 106 Å². The van der Waals surface area contributed by atoms with E-state index in [2.05, 4.69) is 11.4 Å². The predicted octanol–water partition coefficient (Wildman–Crippen LogP) is 5.68. The van der Waals surface area contributed by atoms with E-state index in [1.165, 1.54) is 0 Å². The highest BCUT2D eigenvalue weighted by Crippen LogP contribution is 2.27. The summed E-state index contributed by atoms with van der Waals surface area (Å²) in [6, 6.07) is 25.3. The van der Waals surface area contributed by atoms with E-state index in [9.17, 15) is 14.9 Å². The Bertz CT molecular complexity index is 1180. The Balaban J connectivity index is 1.80. The molecule has 0 saturated carbocycles. The standard InChI is InChI=1S/C28H27ClN2O3/c1-19(31-27(33)28(2,3)34-26(32)22-9-5-4-6-10-22)25(17-20-12-14-24(29)15-13-20)23-11-7-8-21(16-23)18-30/h4-16,19,25H,17H2,1-3H3,(H,31,33)/t19-,25+/m0/s1. The highest BCUT2D eigenvalue weighted by atomic mass is 35.5. The van der Waals surface area contributed by atoms with Crippen LogP contribution in [-0.4, -0.2) is 23.5 Å². The van der Waals surface area contributed by atoms with Gasteiger partial charge in [0.2, 0.25) is 0 Å². The Morgan fingerprint density at radius 2 is 1.71 bits per heavy atom. The minimum Gasteiger partial charge on any atom is -0.446 e. The molecular formula is C28H27ClN2O3. The summed E-state index contributed by atoms with van der Waals surface area (Å²) >= 11 is 6.04. The molecule has 0 heterocycles. The van der Waals surface area contributed by atoms with Gasteiger partial charge in [0.25, 0.3) is 5.91 Å². The van der Waals surface area contributed by atoms with Crippen LogP contribution in [0, 0.1) is 11.3 Å². The summed E-state index contributed by atoms with van der Waals surface area (Å²) in [4.78, 5) is 25.6. The minimum atomic E-state index is -1.37. The number of rotatable bonds is 8. The van der Waals surface area contributed by atoms with E-state index in [1.807, 2.05) is 49.4 Å². The van der Waals surface area contributed by atoms with Crippen LogP contribution in [-0.2, 0) is 16.0 Å². The van der Waals surface area contributed by atoms with Crippen LogP contribution in [0.5, 0.6) is 0 Å². The third-order valence-corrected chi connectivity index (χ3v) is 5.93. The van der Waals surface area contributed by atoms with Crippen molar-refractivity contribution in [3.63, 3.8) is 0 Å². The molecular weight excluding hydrogens is 448 g/mol. The zero-order chi connectivity index (χ0) is 24.7. The maximum absolute atomic E-state index is 13.1. The molecule has 1 amide bonds. The van der Waals surface area contributed by atoms with Crippen molar-refractivity contribution in [2.75, 3.05) is 0 Å². The van der Waals surface area contributed by atoms with Crippen LogP contribution in [0.25, 0.3) is 0 Å². The predicted molar refractivity (Wildman–Crippen MR) is 133 cm³/mol. The Hall–Kier alpha value is -3.62. The van der Waals surface area contributed by atoms with Crippen LogP contribution in [0.1, 0.15) is 53.7 Å². The van der Waals surface area contributed by atoms with Gasteiger partial charge in [-0.2, -0.15) is 5.26 Å². The normalized spacial score (nSPS) is 12.8. The maximum Gasteiger partial charge on any atom is 0.339 e. The maximum atomic E-state index is 13.1. The van der Waals surface area contributed by atoms with Crippen molar-refractivity contribution < 1.29 is 14.3 Å². The van der Waals surface area contributed by atoms with Gasteiger partial charge < -0.3 is 10.1 Å². The summed E-state index contributed by atoms with van der Waals surface area (Å²) in [7, 11) is 0. The van der Waals surface area contributed by atoms with Gasteiger partial charge in [0, 0.05) is 17.0 Å². The smallest absolute Gasteiger partial charge is 0.339 e. The lowest BCUT2D eigenvalue weighted by atomic mass is 9.85. The SMILES string of the molecule is C[C@H](NC(=O)C(C)(C)OC(=O)c1ccccc1)[C@@H](Cc1ccc(Cl)cc1)c1cccc(C#N)c1. The molecule has 2 atom stereocenters. The molecule has 0 saturated heterocycles. The Morgan fingerprint density at radius 3 is 2.35 bits per heavy atom. The first-order valence-corrected chi connectivity index (χ1v) is 11.4. The number of carbonyl (C=O) groups is 2. The average Bonchev–Trinajstić information content (AvgIpc) is 2.83. The molecule has 174 valence electrons. The number of amides is 1. The molecule has 34 heavy (non-hydrogen) atoms. The topological polar surface area (TPSA) is 79.2 Å². The van der Waals surface area contributed by atoms with Gasteiger partial charge in [0.05, 0.1) is 17.2 Å².